The van der Waals surface area contributed by atoms with E-state index in [1.54, 1.807) is 15.6 Å². The second-order valence-electron chi connectivity index (χ2n) is 6.42. The first kappa shape index (κ1) is 20.1. The lowest BCUT2D eigenvalue weighted by Crippen LogP contribution is -2.44. The fourth-order valence-corrected chi connectivity index (χ4v) is 4.63. The first-order valence-corrected chi connectivity index (χ1v) is 11.4. The van der Waals surface area contributed by atoms with Crippen LogP contribution in [-0.4, -0.2) is 56.1 Å². The van der Waals surface area contributed by atoms with Crippen molar-refractivity contribution in [3.05, 3.63) is 15.6 Å². The molecular formula is C16H29N5O2S2. The summed E-state index contributed by atoms with van der Waals surface area (Å²) in [6.07, 6.45) is 3.05. The molecule has 142 valence electrons. The Morgan fingerprint density at radius 1 is 1.32 bits per heavy atom. The second-order valence-corrected chi connectivity index (χ2v) is 9.69. The van der Waals surface area contributed by atoms with Gasteiger partial charge in [0.25, 0.3) is 0 Å². The summed E-state index contributed by atoms with van der Waals surface area (Å²) in [6.45, 7) is 9.53. The number of hydrogen-bond donors (Lipinski definition) is 2. The van der Waals surface area contributed by atoms with Crippen molar-refractivity contribution in [1.29, 1.82) is 0 Å². The van der Waals surface area contributed by atoms with Crippen LogP contribution in [0.3, 0.4) is 0 Å². The van der Waals surface area contributed by atoms with Gasteiger partial charge >= 0.3 is 0 Å². The van der Waals surface area contributed by atoms with Crippen molar-refractivity contribution in [3.8, 4) is 0 Å². The smallest absolute Gasteiger partial charge is 0.211 e. The van der Waals surface area contributed by atoms with Crippen molar-refractivity contribution in [1.82, 2.24) is 19.9 Å². The summed E-state index contributed by atoms with van der Waals surface area (Å²) in [5.74, 6) is 1.27. The summed E-state index contributed by atoms with van der Waals surface area (Å²) in [6, 6.07) is 0. The molecule has 1 aliphatic heterocycles. The predicted octanol–water partition coefficient (Wildman–Crippen LogP) is 1.49. The van der Waals surface area contributed by atoms with Crippen molar-refractivity contribution >= 4 is 27.3 Å². The van der Waals surface area contributed by atoms with E-state index >= 15 is 0 Å². The van der Waals surface area contributed by atoms with E-state index in [4.69, 9.17) is 0 Å². The number of rotatable bonds is 6. The van der Waals surface area contributed by atoms with Gasteiger partial charge in [0.05, 0.1) is 23.5 Å². The van der Waals surface area contributed by atoms with Gasteiger partial charge in [-0.05, 0) is 39.5 Å². The Kier molecular flexibility index (Phi) is 7.21. The van der Waals surface area contributed by atoms with Crippen LogP contribution in [0.15, 0.2) is 4.99 Å². The average Bonchev–Trinajstić information content (AvgIpc) is 2.87. The van der Waals surface area contributed by atoms with Gasteiger partial charge in [-0.1, -0.05) is 0 Å². The van der Waals surface area contributed by atoms with Crippen LogP contribution in [0.25, 0.3) is 0 Å². The fourth-order valence-electron chi connectivity index (χ4n) is 2.90. The topological polar surface area (TPSA) is 86.7 Å². The number of aliphatic imine (C=N–C) groups is 1. The molecule has 0 saturated carbocycles. The van der Waals surface area contributed by atoms with Crippen molar-refractivity contribution in [2.24, 2.45) is 10.9 Å². The molecule has 0 atom stereocenters. The number of piperidine rings is 1. The molecule has 1 fully saturated rings. The standard InChI is InChI=1S/C16H29N5O2S2/c1-5-17-16(19-11-15-12(2)20-13(3)24-15)18-10-14-6-8-21(9-7-14)25(4,22)23/h14H,5-11H2,1-4H3,(H2,17,18,19). The van der Waals surface area contributed by atoms with Gasteiger partial charge in [0, 0.05) is 31.1 Å². The molecule has 1 aromatic rings. The maximum absolute atomic E-state index is 11.6. The molecule has 0 unspecified atom stereocenters. The molecular weight excluding hydrogens is 358 g/mol. The van der Waals surface area contributed by atoms with Crippen molar-refractivity contribution in [2.45, 2.75) is 40.2 Å². The Bertz CT molecular complexity index is 691. The molecule has 1 aliphatic rings. The second kappa shape index (κ2) is 8.95. The van der Waals surface area contributed by atoms with E-state index in [0.717, 1.165) is 42.6 Å². The number of aromatic nitrogens is 1. The van der Waals surface area contributed by atoms with Crippen LogP contribution < -0.4 is 10.6 Å². The lowest BCUT2D eigenvalue weighted by Gasteiger charge is -2.30. The third-order valence-electron chi connectivity index (χ3n) is 4.33. The number of thiazole rings is 1. The van der Waals surface area contributed by atoms with E-state index in [1.165, 1.54) is 11.1 Å². The number of nitrogens with zero attached hydrogens (tertiary/aromatic N) is 3. The molecule has 0 spiro atoms. The SMILES string of the molecule is CCNC(=NCc1sc(C)nc1C)NCC1CCN(S(C)(=O)=O)CC1. The number of hydrogen-bond acceptors (Lipinski definition) is 5. The summed E-state index contributed by atoms with van der Waals surface area (Å²) in [5.41, 5.74) is 1.05. The van der Waals surface area contributed by atoms with Gasteiger partial charge in [-0.2, -0.15) is 0 Å². The molecule has 7 nitrogen and oxygen atoms in total. The highest BCUT2D eigenvalue weighted by Gasteiger charge is 2.24. The van der Waals surface area contributed by atoms with E-state index in [1.807, 2.05) is 20.8 Å². The quantitative estimate of drug-likeness (QED) is 0.570. The minimum Gasteiger partial charge on any atom is -0.357 e. The average molecular weight is 388 g/mol. The number of nitrogens with one attached hydrogen (secondary N) is 2. The van der Waals surface area contributed by atoms with Crippen LogP contribution in [-0.2, 0) is 16.6 Å². The molecule has 0 radical (unpaired) electrons. The summed E-state index contributed by atoms with van der Waals surface area (Å²) in [7, 11) is -3.06. The molecule has 2 rings (SSSR count). The first-order chi connectivity index (χ1) is 11.8. The fraction of sp³-hybridized carbons (Fsp3) is 0.750. The van der Waals surface area contributed by atoms with E-state index in [0.29, 0.717) is 25.6 Å². The first-order valence-electron chi connectivity index (χ1n) is 8.69. The summed E-state index contributed by atoms with van der Waals surface area (Å²) >= 11 is 1.69. The van der Waals surface area contributed by atoms with Crippen molar-refractivity contribution < 1.29 is 8.42 Å². The molecule has 25 heavy (non-hydrogen) atoms. The van der Waals surface area contributed by atoms with Crippen LogP contribution in [0.5, 0.6) is 0 Å². The third-order valence-corrected chi connectivity index (χ3v) is 6.69. The van der Waals surface area contributed by atoms with Gasteiger partial charge in [-0.25, -0.2) is 22.7 Å². The minimum absolute atomic E-state index is 0.467. The number of guanidine groups is 1. The zero-order chi connectivity index (χ0) is 18.4. The van der Waals surface area contributed by atoms with Gasteiger partial charge in [0.15, 0.2) is 5.96 Å². The summed E-state index contributed by atoms with van der Waals surface area (Å²) in [4.78, 5) is 10.3. The zero-order valence-corrected chi connectivity index (χ0v) is 17.1. The molecule has 0 bridgehead atoms. The Labute approximate surface area is 155 Å². The zero-order valence-electron chi connectivity index (χ0n) is 15.5. The van der Waals surface area contributed by atoms with Gasteiger partial charge in [0.2, 0.25) is 10.0 Å². The van der Waals surface area contributed by atoms with E-state index in [2.05, 4.69) is 20.6 Å². The molecule has 0 aromatic carbocycles. The van der Waals surface area contributed by atoms with Crippen LogP contribution in [0.1, 0.15) is 35.3 Å². The monoisotopic (exact) mass is 387 g/mol. The van der Waals surface area contributed by atoms with Crippen molar-refractivity contribution in [3.63, 3.8) is 0 Å². The highest BCUT2D eigenvalue weighted by Crippen LogP contribution is 2.19. The largest absolute Gasteiger partial charge is 0.357 e. The molecule has 0 aliphatic carbocycles. The Hall–Kier alpha value is -1.19. The van der Waals surface area contributed by atoms with Crippen LogP contribution in [0, 0.1) is 19.8 Å². The van der Waals surface area contributed by atoms with E-state index in [9.17, 15) is 8.42 Å². The van der Waals surface area contributed by atoms with Crippen LogP contribution in [0.2, 0.25) is 0 Å². The van der Waals surface area contributed by atoms with Crippen LogP contribution >= 0.6 is 11.3 Å². The normalized spacial score (nSPS) is 17.7. The summed E-state index contributed by atoms with van der Waals surface area (Å²) < 4.78 is 24.7. The lowest BCUT2D eigenvalue weighted by atomic mass is 9.98. The third kappa shape index (κ3) is 6.23. The lowest BCUT2D eigenvalue weighted by molar-refractivity contribution is 0.275. The Morgan fingerprint density at radius 3 is 2.52 bits per heavy atom. The highest BCUT2D eigenvalue weighted by molar-refractivity contribution is 7.88. The summed E-state index contributed by atoms with van der Waals surface area (Å²) in [5, 5.41) is 7.73. The van der Waals surface area contributed by atoms with E-state index < -0.39 is 10.0 Å². The van der Waals surface area contributed by atoms with Gasteiger partial charge < -0.3 is 10.6 Å². The van der Waals surface area contributed by atoms with E-state index in [-0.39, 0.29) is 0 Å². The molecule has 2 N–H and O–H groups in total. The van der Waals surface area contributed by atoms with Gasteiger partial charge in [-0.15, -0.1) is 11.3 Å². The molecule has 9 heteroatoms. The van der Waals surface area contributed by atoms with Gasteiger partial charge in [0.1, 0.15) is 0 Å². The molecule has 2 heterocycles. The Balaban J connectivity index is 1.85. The highest BCUT2D eigenvalue weighted by atomic mass is 32.2. The Morgan fingerprint density at radius 2 is 2.00 bits per heavy atom. The van der Waals surface area contributed by atoms with Crippen molar-refractivity contribution in [2.75, 3.05) is 32.4 Å². The maximum Gasteiger partial charge on any atom is 0.211 e. The minimum atomic E-state index is -3.06. The molecule has 1 aromatic heterocycles. The molecule has 0 amide bonds. The molecule has 1 saturated heterocycles. The number of aryl methyl sites for hydroxylation is 2. The maximum atomic E-state index is 11.6. The van der Waals surface area contributed by atoms with Crippen LogP contribution in [0.4, 0.5) is 0 Å². The number of sulfonamides is 1. The van der Waals surface area contributed by atoms with Gasteiger partial charge in [-0.3, -0.25) is 0 Å². The predicted molar refractivity (Wildman–Crippen MR) is 104 cm³/mol.